The summed E-state index contributed by atoms with van der Waals surface area (Å²) < 4.78 is 0. The zero-order chi connectivity index (χ0) is 28.3. The zero-order valence-electron chi connectivity index (χ0n) is 25.2. The van der Waals surface area contributed by atoms with E-state index in [1.807, 2.05) is 13.8 Å². The average molecular weight is 522 g/mol. The van der Waals surface area contributed by atoms with Gasteiger partial charge in [0.05, 0.1) is 6.04 Å². The van der Waals surface area contributed by atoms with Crippen LogP contribution in [0.5, 0.6) is 0 Å². The van der Waals surface area contributed by atoms with Crippen molar-refractivity contribution in [2.75, 3.05) is 11.6 Å². The van der Waals surface area contributed by atoms with Gasteiger partial charge in [0.25, 0.3) is 0 Å². The van der Waals surface area contributed by atoms with E-state index < -0.39 is 0 Å². The summed E-state index contributed by atoms with van der Waals surface area (Å²) in [5, 5.41) is 3.87. The molecule has 5 atom stereocenters. The molecule has 3 aliphatic rings. The molecule has 3 aliphatic carbocycles. The van der Waals surface area contributed by atoms with Crippen LogP contribution in [0.25, 0.3) is 0 Å². The summed E-state index contributed by atoms with van der Waals surface area (Å²) in [6, 6.07) is 6.88. The summed E-state index contributed by atoms with van der Waals surface area (Å²) in [7, 11) is 0. The third kappa shape index (κ3) is 7.56. The molecule has 0 radical (unpaired) electrons. The van der Waals surface area contributed by atoms with Crippen LogP contribution >= 0.6 is 12.6 Å². The monoisotopic (exact) mass is 521 g/mol. The van der Waals surface area contributed by atoms with E-state index in [2.05, 4.69) is 109 Å². The third-order valence-electron chi connectivity index (χ3n) is 8.94. The normalized spacial score (nSPS) is 28.3. The van der Waals surface area contributed by atoms with Crippen LogP contribution in [-0.2, 0) is 0 Å². The number of anilines is 1. The standard InChI is InChI=1S/C30H41N.C2H6.C2H4.CH4S/c1-19-11-13-25(17-23(19)5)31-29(26-10-8-9-21(26)3)18-28-22(4)12-14-27-24(6)20(2)15-16-30(27,28)7;3*1-2/h10-11,13,17-18,20,24,27,29,31H,3-4,8-9,12,14-16H2,1-2,5-7H3;1-2H3;1-2H2;2H,1H3/b28-18+;;;. The van der Waals surface area contributed by atoms with Gasteiger partial charge in [0.15, 0.2) is 0 Å². The van der Waals surface area contributed by atoms with Crippen molar-refractivity contribution in [1.29, 1.82) is 0 Å². The average Bonchev–Trinajstić information content (AvgIpc) is 3.34. The number of nitrogens with one attached hydrogen (secondary N) is 1. The second-order valence-electron chi connectivity index (χ2n) is 10.8. The van der Waals surface area contributed by atoms with Gasteiger partial charge >= 0.3 is 0 Å². The molecule has 1 aromatic carbocycles. The Morgan fingerprint density at radius 3 is 2.22 bits per heavy atom. The molecule has 0 spiro atoms. The fraction of sp³-hybridized carbons (Fsp3) is 0.543. The van der Waals surface area contributed by atoms with Gasteiger partial charge in [-0.05, 0) is 122 Å². The highest BCUT2D eigenvalue weighted by Gasteiger charge is 2.48. The Labute approximate surface area is 235 Å². The first-order valence-electron chi connectivity index (χ1n) is 14.3. The van der Waals surface area contributed by atoms with Gasteiger partial charge in [-0.1, -0.05) is 71.6 Å². The molecule has 2 fully saturated rings. The topological polar surface area (TPSA) is 12.0 Å². The van der Waals surface area contributed by atoms with Gasteiger partial charge in [-0.25, -0.2) is 0 Å². The molecule has 2 saturated carbocycles. The maximum absolute atomic E-state index is 4.57. The Bertz CT molecular complexity index is 967. The zero-order valence-corrected chi connectivity index (χ0v) is 26.1. The van der Waals surface area contributed by atoms with E-state index in [0.717, 1.165) is 37.0 Å². The lowest BCUT2D eigenvalue weighted by atomic mass is 9.52. The van der Waals surface area contributed by atoms with Crippen molar-refractivity contribution in [2.24, 2.45) is 23.2 Å². The van der Waals surface area contributed by atoms with Gasteiger partial charge in [-0.3, -0.25) is 0 Å². The van der Waals surface area contributed by atoms with Crippen molar-refractivity contribution < 1.29 is 0 Å². The lowest BCUT2D eigenvalue weighted by Gasteiger charge is -2.53. The molecule has 1 aromatic rings. The largest absolute Gasteiger partial charge is 0.375 e. The van der Waals surface area contributed by atoms with E-state index in [4.69, 9.17) is 0 Å². The first-order valence-corrected chi connectivity index (χ1v) is 15.2. The van der Waals surface area contributed by atoms with E-state index in [0.29, 0.717) is 0 Å². The quantitative estimate of drug-likeness (QED) is 0.296. The molecule has 206 valence electrons. The molecule has 2 heteroatoms. The lowest BCUT2D eigenvalue weighted by Crippen LogP contribution is -2.44. The van der Waals surface area contributed by atoms with Gasteiger partial charge in [0, 0.05) is 5.69 Å². The molecule has 37 heavy (non-hydrogen) atoms. The molecule has 1 N–H and O–H groups in total. The van der Waals surface area contributed by atoms with E-state index in [9.17, 15) is 0 Å². The molecular formula is C35H55NS. The molecule has 0 saturated heterocycles. The number of allylic oxidation sites excluding steroid dienone is 3. The van der Waals surface area contributed by atoms with Crippen molar-refractivity contribution in [3.63, 3.8) is 0 Å². The van der Waals surface area contributed by atoms with Crippen LogP contribution in [-0.4, -0.2) is 12.3 Å². The summed E-state index contributed by atoms with van der Waals surface area (Å²) in [6.07, 6.45) is 13.9. The molecule has 0 amide bonds. The first kappa shape index (κ1) is 33.1. The van der Waals surface area contributed by atoms with Crippen molar-refractivity contribution in [1.82, 2.24) is 0 Å². The highest BCUT2D eigenvalue weighted by atomic mass is 32.1. The van der Waals surface area contributed by atoms with E-state index in [-0.39, 0.29) is 11.5 Å². The Balaban J connectivity index is 0.00000106. The number of benzene rings is 1. The highest BCUT2D eigenvalue weighted by molar-refractivity contribution is 7.79. The molecule has 0 aliphatic heterocycles. The van der Waals surface area contributed by atoms with E-state index in [1.54, 1.807) is 6.26 Å². The first-order chi connectivity index (χ1) is 17.7. The van der Waals surface area contributed by atoms with Gasteiger partial charge in [-0.2, -0.15) is 12.6 Å². The fourth-order valence-corrected chi connectivity index (χ4v) is 6.47. The Morgan fingerprint density at radius 1 is 1.00 bits per heavy atom. The molecule has 0 bridgehead atoms. The number of rotatable bonds is 4. The van der Waals surface area contributed by atoms with Crippen LogP contribution in [0.4, 0.5) is 5.69 Å². The summed E-state index contributed by atoms with van der Waals surface area (Å²) in [5.74, 6) is 2.37. The van der Waals surface area contributed by atoms with Gasteiger partial charge in [0.2, 0.25) is 0 Å². The van der Waals surface area contributed by atoms with Crippen molar-refractivity contribution >= 4 is 18.3 Å². The van der Waals surface area contributed by atoms with Crippen LogP contribution in [0.15, 0.2) is 79.0 Å². The third-order valence-corrected chi connectivity index (χ3v) is 8.94. The van der Waals surface area contributed by atoms with Crippen LogP contribution < -0.4 is 5.32 Å². The van der Waals surface area contributed by atoms with Gasteiger partial charge < -0.3 is 5.32 Å². The van der Waals surface area contributed by atoms with Crippen LogP contribution in [0, 0.1) is 37.0 Å². The summed E-state index contributed by atoms with van der Waals surface area (Å²) in [4.78, 5) is 0. The van der Waals surface area contributed by atoms with E-state index in [1.165, 1.54) is 58.4 Å². The second kappa shape index (κ2) is 15.5. The number of thiol groups is 1. The highest BCUT2D eigenvalue weighted by Crippen LogP contribution is 2.58. The molecule has 1 nitrogen and oxygen atoms in total. The Morgan fingerprint density at radius 2 is 1.65 bits per heavy atom. The Hall–Kier alpha value is -1.93. The Kier molecular flexibility index (Phi) is 13.8. The molecule has 0 heterocycles. The summed E-state index contributed by atoms with van der Waals surface area (Å²) in [5.41, 5.74) is 9.64. The van der Waals surface area contributed by atoms with Crippen LogP contribution in [0.3, 0.4) is 0 Å². The smallest absolute Gasteiger partial charge is 0.0703 e. The minimum absolute atomic E-state index is 0.161. The molecule has 5 unspecified atom stereocenters. The van der Waals surface area contributed by atoms with Crippen LogP contribution in [0.1, 0.15) is 84.3 Å². The second-order valence-corrected chi connectivity index (χ2v) is 10.8. The number of aryl methyl sites for hydroxylation is 2. The summed E-state index contributed by atoms with van der Waals surface area (Å²) >= 11 is 3.53. The number of hydrogen-bond donors (Lipinski definition) is 2. The molecule has 4 rings (SSSR count). The van der Waals surface area contributed by atoms with E-state index >= 15 is 0 Å². The van der Waals surface area contributed by atoms with Crippen molar-refractivity contribution in [3.05, 3.63) is 90.1 Å². The maximum Gasteiger partial charge on any atom is 0.0703 e. The lowest BCUT2D eigenvalue weighted by molar-refractivity contribution is 0.0438. The molecular weight excluding hydrogens is 466 g/mol. The minimum Gasteiger partial charge on any atom is -0.375 e. The predicted octanol–water partition coefficient (Wildman–Crippen LogP) is 10.7. The maximum atomic E-state index is 4.57. The summed E-state index contributed by atoms with van der Waals surface area (Å²) in [6.45, 7) is 30.8. The van der Waals surface area contributed by atoms with Gasteiger partial charge in [-0.15, -0.1) is 13.2 Å². The van der Waals surface area contributed by atoms with Gasteiger partial charge in [0.1, 0.15) is 0 Å². The number of hydrogen-bond acceptors (Lipinski definition) is 2. The fourth-order valence-electron chi connectivity index (χ4n) is 6.47. The SMILES string of the molecule is C=C.C=C1CCC=C1C(/C=C1\C(=C)CCC2C(C)C(C)CCC12C)Nc1ccc(C)c(C)c1.CC.CS. The number of fused-ring (bicyclic) bond motifs is 1. The minimum atomic E-state index is 0.161. The van der Waals surface area contributed by atoms with Crippen molar-refractivity contribution in [3.8, 4) is 0 Å². The molecule has 0 aromatic heterocycles. The predicted molar refractivity (Wildman–Crippen MR) is 173 cm³/mol. The van der Waals surface area contributed by atoms with Crippen LogP contribution in [0.2, 0.25) is 0 Å². The van der Waals surface area contributed by atoms with Crippen molar-refractivity contribution in [2.45, 2.75) is 93.0 Å².